The number of aliphatic hydroxyl groups excluding tert-OH is 1. The maximum Gasteiger partial charge on any atom is 0.308 e. The van der Waals surface area contributed by atoms with Crippen LogP contribution in [0.25, 0.3) is 0 Å². The highest BCUT2D eigenvalue weighted by Gasteiger charge is 2.76. The van der Waals surface area contributed by atoms with Crippen LogP contribution in [0.3, 0.4) is 0 Å². The number of esters is 1. The third kappa shape index (κ3) is 3.97. The summed E-state index contributed by atoms with van der Waals surface area (Å²) in [5.41, 5.74) is -3.36. The minimum Gasteiger partial charge on any atom is -0.457 e. The molecule has 0 aromatic heterocycles. The first-order chi connectivity index (χ1) is 22.6. The molecule has 0 aromatic carbocycles. The van der Waals surface area contributed by atoms with E-state index < -0.39 is 109 Å². The summed E-state index contributed by atoms with van der Waals surface area (Å²) in [6, 6.07) is 0. The molecule has 0 radical (unpaired) electrons. The third-order valence-electron chi connectivity index (χ3n) is 10.2. The van der Waals surface area contributed by atoms with E-state index in [9.17, 15) is 20.9 Å². The van der Waals surface area contributed by atoms with Crippen molar-refractivity contribution in [1.29, 1.82) is 0 Å². The quantitative estimate of drug-likeness (QED) is 0.494. The molecule has 39 heavy (non-hydrogen) atoms. The number of ether oxygens (including phenoxy) is 3. The topological polar surface area (TPSA) is 99.1 Å². The summed E-state index contributed by atoms with van der Waals surface area (Å²) in [6.45, 7) is 5.90. The van der Waals surface area contributed by atoms with Gasteiger partial charge in [-0.25, -0.2) is 0 Å². The first-order valence-corrected chi connectivity index (χ1v) is 13.8. The Morgan fingerprint density at radius 3 is 2.72 bits per heavy atom. The number of hydrogen-bond acceptors (Lipinski definition) is 7. The van der Waals surface area contributed by atoms with E-state index in [0.29, 0.717) is 12.8 Å². The van der Waals surface area contributed by atoms with Crippen molar-refractivity contribution in [1.82, 2.24) is 0 Å². The van der Waals surface area contributed by atoms with Crippen molar-refractivity contribution in [3.05, 3.63) is 23.8 Å². The highest BCUT2D eigenvalue weighted by atomic mass is 16.7. The molecule has 214 valence electrons. The molecule has 7 heteroatoms. The first kappa shape index (κ1) is 17.2. The molecule has 0 amide bonds. The van der Waals surface area contributed by atoms with Crippen LogP contribution < -0.4 is 0 Å². The van der Waals surface area contributed by atoms with Gasteiger partial charge >= 0.3 is 5.97 Å². The fourth-order valence-corrected chi connectivity index (χ4v) is 8.49. The second-order valence-electron chi connectivity index (χ2n) is 12.5. The Morgan fingerprint density at radius 1 is 1.26 bits per heavy atom. The molecule has 9 atom stereocenters. The summed E-state index contributed by atoms with van der Waals surface area (Å²) in [6.07, 6.45) is -18.0. The summed E-state index contributed by atoms with van der Waals surface area (Å²) >= 11 is 0. The summed E-state index contributed by atoms with van der Waals surface area (Å²) < 4.78 is 112. The highest BCUT2D eigenvalue weighted by molar-refractivity contribution is 6.01. The van der Waals surface area contributed by atoms with Crippen LogP contribution >= 0.6 is 0 Å². The van der Waals surface area contributed by atoms with Crippen LogP contribution in [0.15, 0.2) is 23.8 Å². The maximum absolute atomic E-state index is 14.6. The zero-order valence-corrected chi connectivity index (χ0v) is 22.7. The van der Waals surface area contributed by atoms with Gasteiger partial charge in [0.2, 0.25) is 5.78 Å². The summed E-state index contributed by atoms with van der Waals surface area (Å²) in [4.78, 5) is 39.3. The molecule has 0 aromatic rings. The molecule has 6 aliphatic rings. The monoisotopic (exact) mass is 551 g/mol. The first-order valence-electron chi connectivity index (χ1n) is 19.3. The lowest BCUT2D eigenvalue weighted by atomic mass is 9.46. The average molecular weight is 552 g/mol. The Balaban J connectivity index is 1.47. The SMILES string of the molecule is [2H]C1([2H])C([2H])([2H])C([2H])([2H])C([2H])(C2O[C@@H]3C[C@H]4[C@@H]5CCC6=CC(=O)C=C[C@]6(C)C5[C@@H](O)C[C@]4(C)[C@]3(C(=O)COC(=O)C(C)C)O2)C([2H])([2H])C1([2H])[2H]. The molecule has 1 saturated heterocycles. The lowest BCUT2D eigenvalue weighted by Gasteiger charge is -2.59. The van der Waals surface area contributed by atoms with E-state index in [1.807, 2.05) is 6.92 Å². The van der Waals surface area contributed by atoms with Gasteiger partial charge in [0, 0.05) is 37.7 Å². The lowest BCUT2D eigenvalue weighted by Crippen LogP contribution is -2.63. The highest BCUT2D eigenvalue weighted by Crippen LogP contribution is 2.70. The Bertz CT molecular complexity index is 1550. The van der Waals surface area contributed by atoms with Crippen molar-refractivity contribution < 1.29 is 48.8 Å². The molecule has 7 nitrogen and oxygen atoms in total. The molecule has 5 fully saturated rings. The molecule has 1 N–H and O–H groups in total. The molecule has 0 bridgehead atoms. The van der Waals surface area contributed by atoms with Gasteiger partial charge in [0.05, 0.1) is 18.1 Å². The Morgan fingerprint density at radius 2 is 2.00 bits per heavy atom. The number of aliphatic hydroxyl groups is 1. The van der Waals surface area contributed by atoms with Crippen LogP contribution in [0.4, 0.5) is 0 Å². The fourth-order valence-electron chi connectivity index (χ4n) is 8.49. The lowest BCUT2D eigenvalue weighted by molar-refractivity contribution is -0.210. The van der Waals surface area contributed by atoms with Gasteiger partial charge in [0.1, 0.15) is 0 Å². The van der Waals surface area contributed by atoms with E-state index in [0.717, 1.165) is 5.57 Å². The van der Waals surface area contributed by atoms with Crippen molar-refractivity contribution in [3.63, 3.8) is 0 Å². The van der Waals surface area contributed by atoms with E-state index in [4.69, 9.17) is 27.9 Å². The summed E-state index contributed by atoms with van der Waals surface area (Å²) in [5.74, 6) is -7.07. The number of hydrogen-bond donors (Lipinski definition) is 1. The van der Waals surface area contributed by atoms with Crippen LogP contribution in [0.1, 0.15) is 100 Å². The maximum atomic E-state index is 14.6. The van der Waals surface area contributed by atoms with Gasteiger partial charge in [-0.15, -0.1) is 0 Å². The van der Waals surface area contributed by atoms with Crippen LogP contribution in [0.2, 0.25) is 0 Å². The van der Waals surface area contributed by atoms with Crippen LogP contribution in [0, 0.1) is 40.4 Å². The number of allylic oxidation sites excluding steroid dienone is 4. The van der Waals surface area contributed by atoms with Crippen molar-refractivity contribution in [3.8, 4) is 0 Å². The molecular formula is C32H44O7. The van der Waals surface area contributed by atoms with Crippen LogP contribution in [-0.4, -0.2) is 53.3 Å². The predicted molar refractivity (Wildman–Crippen MR) is 143 cm³/mol. The Kier molecular flexibility index (Phi) is 4.25. The van der Waals surface area contributed by atoms with Crippen molar-refractivity contribution in [2.45, 2.75) is 109 Å². The number of carbonyl (C=O) groups is 3. The number of ketones is 2. The van der Waals surface area contributed by atoms with Crippen molar-refractivity contribution in [2.24, 2.45) is 40.4 Å². The zero-order chi connectivity index (χ0) is 37.6. The minimum atomic E-state index is -3.81. The molecule has 0 spiro atoms. The van der Waals surface area contributed by atoms with Gasteiger partial charge in [-0.3, -0.25) is 14.4 Å². The van der Waals surface area contributed by atoms with Gasteiger partial charge in [-0.1, -0.05) is 58.5 Å². The van der Waals surface area contributed by atoms with Crippen LogP contribution in [0.5, 0.6) is 0 Å². The van der Waals surface area contributed by atoms with Gasteiger partial charge < -0.3 is 19.3 Å². The fraction of sp³-hybridized carbons (Fsp3) is 0.781. The summed E-state index contributed by atoms with van der Waals surface area (Å²) in [7, 11) is 0. The third-order valence-corrected chi connectivity index (χ3v) is 10.2. The van der Waals surface area contributed by atoms with Crippen molar-refractivity contribution in [2.75, 3.05) is 6.61 Å². The number of Topliss-reactive ketones (excluding diaryl/α,β-unsaturated/α-hetero) is 1. The van der Waals surface area contributed by atoms with Crippen LogP contribution in [-0.2, 0) is 28.6 Å². The van der Waals surface area contributed by atoms with Crippen molar-refractivity contribution >= 4 is 17.5 Å². The molecule has 5 aliphatic carbocycles. The summed E-state index contributed by atoms with van der Waals surface area (Å²) in [5, 5.41) is 12.0. The Labute approximate surface area is 247 Å². The number of fused-ring (bicyclic) bond motifs is 7. The molecule has 1 aliphatic heterocycles. The normalized spacial score (nSPS) is 56.7. The van der Waals surface area contributed by atoms with E-state index in [-0.39, 0.29) is 24.5 Å². The largest absolute Gasteiger partial charge is 0.457 e. The van der Waals surface area contributed by atoms with E-state index in [2.05, 4.69) is 0 Å². The second-order valence-corrected chi connectivity index (χ2v) is 12.5. The minimum absolute atomic E-state index is 0.0330. The molecule has 6 rings (SSSR count). The molecule has 1 heterocycles. The number of rotatable bonds is 5. The van der Waals surface area contributed by atoms with Gasteiger partial charge in [-0.2, -0.15) is 0 Å². The second kappa shape index (κ2) is 9.63. The predicted octanol–water partition coefficient (Wildman–Crippen LogP) is 4.70. The molecule has 4 saturated carbocycles. The molecular weight excluding hydrogens is 496 g/mol. The standard InChI is InChI=1S/C32H44O7/c1-18(2)28(36)37-17-25(35)32-26(38-29(39-32)19-8-6-5-7-9-19)15-23-22-11-10-20-14-21(33)12-13-30(20,3)27(22)24(34)16-31(23,32)4/h12-14,18-19,22-24,26-27,29,34H,5-11,15-17H2,1-4H3/t22-,23-,24-,26+,27?,29?,30-,31-,32+/m0/s1/i5D2,6D2,7D2,8D2,9D2,19D. The van der Waals surface area contributed by atoms with E-state index >= 15 is 0 Å². The van der Waals surface area contributed by atoms with E-state index in [1.54, 1.807) is 32.9 Å². The molecule has 2 unspecified atom stereocenters. The number of carbonyl (C=O) groups excluding carboxylic acids is 3. The average Bonchev–Trinajstić information content (AvgIpc) is 3.51. The Hall–Kier alpha value is -1.83. The van der Waals surface area contributed by atoms with E-state index in [1.165, 1.54) is 6.08 Å². The van der Waals surface area contributed by atoms with Gasteiger partial charge in [-0.05, 0) is 62.4 Å². The zero-order valence-electron chi connectivity index (χ0n) is 33.7. The van der Waals surface area contributed by atoms with Gasteiger partial charge in [0.15, 0.2) is 24.3 Å². The smallest absolute Gasteiger partial charge is 0.308 e. The van der Waals surface area contributed by atoms with Gasteiger partial charge in [0.25, 0.3) is 0 Å².